The minimum absolute atomic E-state index is 0.0254. The second-order valence-corrected chi connectivity index (χ2v) is 12.2. The van der Waals surface area contributed by atoms with Gasteiger partial charge in [0, 0.05) is 43.5 Å². The van der Waals surface area contributed by atoms with Gasteiger partial charge in [0.2, 0.25) is 5.95 Å². The van der Waals surface area contributed by atoms with Crippen molar-refractivity contribution in [3.8, 4) is 11.3 Å². The lowest BCUT2D eigenvalue weighted by molar-refractivity contribution is -0.107. The first-order chi connectivity index (χ1) is 19.9. The summed E-state index contributed by atoms with van der Waals surface area (Å²) in [6, 6.07) is 3.51. The molecule has 9 nitrogen and oxygen atoms in total. The van der Waals surface area contributed by atoms with Gasteiger partial charge in [-0.1, -0.05) is 6.08 Å². The molecule has 0 amide bonds. The molecule has 0 spiro atoms. The zero-order chi connectivity index (χ0) is 30.2. The molecule has 0 bridgehead atoms. The number of anilines is 1. The number of hydrogen-bond donors (Lipinski definition) is 2. The van der Waals surface area contributed by atoms with Crippen molar-refractivity contribution in [1.82, 2.24) is 34.6 Å². The van der Waals surface area contributed by atoms with Crippen molar-refractivity contribution < 1.29 is 13.5 Å². The van der Waals surface area contributed by atoms with E-state index in [1.54, 1.807) is 6.07 Å². The van der Waals surface area contributed by atoms with Crippen LogP contribution in [0.15, 0.2) is 42.3 Å². The molecule has 1 fully saturated rings. The minimum atomic E-state index is -0.626. The molecule has 2 aliphatic rings. The lowest BCUT2D eigenvalue weighted by Gasteiger charge is -2.43. The Labute approximate surface area is 246 Å². The van der Waals surface area contributed by atoms with E-state index in [2.05, 4.69) is 69.4 Å². The summed E-state index contributed by atoms with van der Waals surface area (Å²) in [5.74, 6) is -0.206. The summed E-state index contributed by atoms with van der Waals surface area (Å²) < 4.78 is 38.1. The fourth-order valence-corrected chi connectivity index (χ4v) is 5.89. The van der Waals surface area contributed by atoms with Crippen LogP contribution in [0.25, 0.3) is 22.3 Å². The van der Waals surface area contributed by atoms with Crippen LogP contribution in [0.4, 0.5) is 14.7 Å². The Bertz CT molecular complexity index is 1500. The van der Waals surface area contributed by atoms with E-state index < -0.39 is 11.6 Å². The predicted molar refractivity (Wildman–Crippen MR) is 162 cm³/mol. The van der Waals surface area contributed by atoms with Gasteiger partial charge in [0.15, 0.2) is 11.6 Å². The van der Waals surface area contributed by atoms with Crippen LogP contribution in [-0.2, 0) is 4.74 Å². The van der Waals surface area contributed by atoms with Gasteiger partial charge in [-0.15, -0.1) is 0 Å². The van der Waals surface area contributed by atoms with Crippen molar-refractivity contribution in [2.45, 2.75) is 64.9 Å². The Hall–Kier alpha value is -3.41. The van der Waals surface area contributed by atoms with Crippen LogP contribution in [0.1, 0.15) is 46.0 Å². The lowest BCUT2D eigenvalue weighted by atomic mass is 9.94. The molecular weight excluding hydrogens is 538 g/mol. The molecule has 3 unspecified atom stereocenters. The SMILES string of the molecule is Cc1nc2c(F)cc(-c3nc(NC4C=CC(CN5CCOC(C)(CC(C)N(C)C)C5)=CN4)ncc3F)cc2n1C(C)C. The van der Waals surface area contributed by atoms with Crippen molar-refractivity contribution in [3.05, 3.63) is 59.7 Å². The predicted octanol–water partition coefficient (Wildman–Crippen LogP) is 4.87. The average Bonchev–Trinajstić information content (AvgIpc) is 3.27. The highest BCUT2D eigenvalue weighted by atomic mass is 19.1. The van der Waals surface area contributed by atoms with Gasteiger partial charge in [0.1, 0.15) is 23.2 Å². The maximum atomic E-state index is 15.0. The molecule has 226 valence electrons. The first-order valence-electron chi connectivity index (χ1n) is 14.6. The van der Waals surface area contributed by atoms with E-state index in [9.17, 15) is 4.39 Å². The number of fused-ring (bicyclic) bond motifs is 1. The normalized spacial score (nSPS) is 22.1. The summed E-state index contributed by atoms with van der Waals surface area (Å²) in [5, 5.41) is 6.53. The van der Waals surface area contributed by atoms with Crippen LogP contribution in [0, 0.1) is 18.6 Å². The summed E-state index contributed by atoms with van der Waals surface area (Å²) in [6.07, 6.45) is 7.84. The van der Waals surface area contributed by atoms with Crippen molar-refractivity contribution in [1.29, 1.82) is 0 Å². The highest BCUT2D eigenvalue weighted by Gasteiger charge is 2.34. The number of halogens is 2. The molecule has 5 rings (SSSR count). The number of morpholine rings is 1. The summed E-state index contributed by atoms with van der Waals surface area (Å²) in [7, 11) is 4.20. The van der Waals surface area contributed by atoms with Gasteiger partial charge in [0.05, 0.1) is 23.9 Å². The quantitative estimate of drug-likeness (QED) is 0.371. The molecule has 2 aliphatic heterocycles. The summed E-state index contributed by atoms with van der Waals surface area (Å²) in [6.45, 7) is 13.5. The average molecular weight is 581 g/mol. The molecule has 1 aromatic carbocycles. The lowest BCUT2D eigenvalue weighted by Crippen LogP contribution is -2.52. The van der Waals surface area contributed by atoms with Gasteiger partial charge in [0.25, 0.3) is 0 Å². The zero-order valence-electron chi connectivity index (χ0n) is 25.6. The number of nitrogens with zero attached hydrogens (tertiary/aromatic N) is 6. The van der Waals surface area contributed by atoms with Crippen LogP contribution < -0.4 is 10.6 Å². The molecule has 3 atom stereocenters. The van der Waals surface area contributed by atoms with E-state index >= 15 is 4.39 Å². The number of aryl methyl sites for hydroxylation is 1. The van der Waals surface area contributed by atoms with Gasteiger partial charge in [-0.05, 0) is 78.9 Å². The second-order valence-electron chi connectivity index (χ2n) is 12.2. The maximum Gasteiger partial charge on any atom is 0.225 e. The molecular formula is C31H42F2N8O. The molecule has 2 N–H and O–H groups in total. The third-order valence-corrected chi connectivity index (χ3v) is 8.13. The first-order valence-corrected chi connectivity index (χ1v) is 14.6. The van der Waals surface area contributed by atoms with Gasteiger partial charge >= 0.3 is 0 Å². The summed E-state index contributed by atoms with van der Waals surface area (Å²) in [4.78, 5) is 17.6. The third-order valence-electron chi connectivity index (χ3n) is 8.13. The van der Waals surface area contributed by atoms with E-state index in [-0.39, 0.29) is 35.0 Å². The van der Waals surface area contributed by atoms with E-state index in [4.69, 9.17) is 4.74 Å². The van der Waals surface area contributed by atoms with Crippen molar-refractivity contribution in [2.24, 2.45) is 0 Å². The topological polar surface area (TPSA) is 83.4 Å². The number of aromatic nitrogens is 4. The summed E-state index contributed by atoms with van der Waals surface area (Å²) in [5.41, 5.74) is 2.19. The van der Waals surface area contributed by atoms with Crippen molar-refractivity contribution in [3.63, 3.8) is 0 Å². The molecule has 11 heteroatoms. The number of rotatable bonds is 9. The zero-order valence-corrected chi connectivity index (χ0v) is 25.6. The Morgan fingerprint density at radius 2 is 1.98 bits per heavy atom. The molecule has 2 aromatic heterocycles. The fourth-order valence-electron chi connectivity index (χ4n) is 5.89. The highest BCUT2D eigenvalue weighted by Crippen LogP contribution is 2.30. The molecule has 3 aromatic rings. The van der Waals surface area contributed by atoms with Crippen LogP contribution in [0.2, 0.25) is 0 Å². The molecule has 0 saturated carbocycles. The number of benzene rings is 1. The molecule has 4 heterocycles. The van der Waals surface area contributed by atoms with Crippen molar-refractivity contribution in [2.75, 3.05) is 45.7 Å². The monoisotopic (exact) mass is 580 g/mol. The molecule has 1 saturated heterocycles. The van der Waals surface area contributed by atoms with Gasteiger partial charge in [-0.3, -0.25) is 4.90 Å². The molecule has 42 heavy (non-hydrogen) atoms. The summed E-state index contributed by atoms with van der Waals surface area (Å²) >= 11 is 0. The first kappa shape index (κ1) is 30.1. The van der Waals surface area contributed by atoms with E-state index in [0.29, 0.717) is 29.6 Å². The van der Waals surface area contributed by atoms with Gasteiger partial charge < -0.3 is 24.8 Å². The van der Waals surface area contributed by atoms with Crippen LogP contribution in [0.5, 0.6) is 0 Å². The number of imidazole rings is 1. The third kappa shape index (κ3) is 6.48. The van der Waals surface area contributed by atoms with Gasteiger partial charge in [-0.2, -0.15) is 0 Å². The number of hydrogen-bond acceptors (Lipinski definition) is 8. The Balaban J connectivity index is 1.25. The minimum Gasteiger partial charge on any atom is -0.373 e. The van der Waals surface area contributed by atoms with E-state index in [0.717, 1.165) is 37.8 Å². The highest BCUT2D eigenvalue weighted by molar-refractivity contribution is 5.83. The Morgan fingerprint density at radius 3 is 2.67 bits per heavy atom. The fraction of sp³-hybridized carbons (Fsp3) is 0.516. The number of ether oxygens (including phenoxy) is 1. The number of dihydropyridines is 1. The van der Waals surface area contributed by atoms with E-state index in [1.807, 2.05) is 37.6 Å². The van der Waals surface area contributed by atoms with Crippen LogP contribution in [0.3, 0.4) is 0 Å². The van der Waals surface area contributed by atoms with Crippen molar-refractivity contribution >= 4 is 17.0 Å². The maximum absolute atomic E-state index is 15.0. The van der Waals surface area contributed by atoms with Crippen LogP contribution >= 0.6 is 0 Å². The smallest absolute Gasteiger partial charge is 0.225 e. The Morgan fingerprint density at radius 1 is 1.19 bits per heavy atom. The Kier molecular flexibility index (Phi) is 8.63. The molecule has 0 radical (unpaired) electrons. The number of nitrogens with one attached hydrogen (secondary N) is 2. The van der Waals surface area contributed by atoms with Crippen LogP contribution in [-0.4, -0.2) is 87.5 Å². The van der Waals surface area contributed by atoms with Gasteiger partial charge in [-0.25, -0.2) is 23.7 Å². The second kappa shape index (κ2) is 12.1. The standard InChI is InChI=1S/C31H42F2N8O/c1-19(2)41-21(4)36-29-24(32)12-23(13-26(29)41)28-25(33)16-35-30(38-28)37-27-9-8-22(15-34-27)17-40-10-11-42-31(5,18-40)14-20(3)39(6)7/h8-9,12-13,15-16,19-20,27,34H,10-11,14,17-18H2,1-7H3,(H,35,37,38). The van der Waals surface area contributed by atoms with E-state index in [1.165, 1.54) is 6.07 Å². The largest absolute Gasteiger partial charge is 0.373 e. The molecule has 0 aliphatic carbocycles.